The molecule has 0 saturated carbocycles. The molecule has 2 aromatic heterocycles. The Kier molecular flexibility index (Phi) is 10.6. The monoisotopic (exact) mass is 637 g/mol. The predicted molar refractivity (Wildman–Crippen MR) is 166 cm³/mol. The van der Waals surface area contributed by atoms with E-state index in [1.165, 1.54) is 13.0 Å². The van der Waals surface area contributed by atoms with Crippen LogP contribution in [0.1, 0.15) is 66.7 Å². The highest BCUT2D eigenvalue weighted by Gasteiger charge is 2.51. The van der Waals surface area contributed by atoms with Gasteiger partial charge in [0.05, 0.1) is 49.1 Å². The van der Waals surface area contributed by atoms with Crippen LogP contribution in [0.25, 0.3) is 11.2 Å². The molecule has 0 bridgehead atoms. The molecule has 3 aliphatic heterocycles. The van der Waals surface area contributed by atoms with Crippen molar-refractivity contribution in [2.75, 3.05) is 6.61 Å². The van der Waals surface area contributed by atoms with Crippen LogP contribution in [0.15, 0.2) is 54.3 Å². The number of pyridine rings is 1. The first kappa shape index (κ1) is 33.4. The zero-order valence-corrected chi connectivity index (χ0v) is 27.0. The van der Waals surface area contributed by atoms with E-state index < -0.39 is 18.0 Å². The Balaban J connectivity index is 1.09. The van der Waals surface area contributed by atoms with E-state index in [-0.39, 0.29) is 54.3 Å². The third-order valence-corrected chi connectivity index (χ3v) is 8.52. The van der Waals surface area contributed by atoms with Crippen LogP contribution >= 0.6 is 0 Å². The molecule has 13 nitrogen and oxygen atoms in total. The Morgan fingerprint density at radius 2 is 2.00 bits per heavy atom. The summed E-state index contributed by atoms with van der Waals surface area (Å²) in [4.78, 5) is 46.8. The van der Waals surface area contributed by atoms with Gasteiger partial charge in [0.1, 0.15) is 11.6 Å². The summed E-state index contributed by atoms with van der Waals surface area (Å²) in [6, 6.07) is 3.36. The van der Waals surface area contributed by atoms with Crippen LogP contribution in [0.4, 0.5) is 0 Å². The second-order valence-corrected chi connectivity index (χ2v) is 12.6. The smallest absolute Gasteiger partial charge is 0.337 e. The minimum absolute atomic E-state index is 0.0211. The maximum absolute atomic E-state index is 12.7. The van der Waals surface area contributed by atoms with Crippen LogP contribution in [-0.4, -0.2) is 86.8 Å². The maximum Gasteiger partial charge on any atom is 0.337 e. The molecule has 5 rings (SSSR count). The quantitative estimate of drug-likeness (QED) is 0.127. The molecular formula is C33H43N5O8. The first-order valence-corrected chi connectivity index (χ1v) is 15.8. The second kappa shape index (κ2) is 14.7. The average molecular weight is 638 g/mol. The number of epoxide rings is 1. The maximum atomic E-state index is 12.7. The summed E-state index contributed by atoms with van der Waals surface area (Å²) in [5.74, 6) is -0.883. The highest BCUT2D eigenvalue weighted by atomic mass is 16.7. The number of nitrogens with zero attached hydrogens (tertiary/aromatic N) is 4. The van der Waals surface area contributed by atoms with Crippen LogP contribution in [-0.2, 0) is 33.3 Å². The van der Waals surface area contributed by atoms with E-state index in [1.807, 2.05) is 26.0 Å². The van der Waals surface area contributed by atoms with E-state index in [9.17, 15) is 14.4 Å². The minimum Gasteiger partial charge on any atom is -0.459 e. The molecule has 8 atom stereocenters. The van der Waals surface area contributed by atoms with Gasteiger partial charge >= 0.3 is 11.9 Å². The summed E-state index contributed by atoms with van der Waals surface area (Å²) >= 11 is 0. The first-order chi connectivity index (χ1) is 22.0. The van der Waals surface area contributed by atoms with Gasteiger partial charge in [0, 0.05) is 32.0 Å². The van der Waals surface area contributed by atoms with Crippen molar-refractivity contribution in [2.45, 2.75) is 109 Å². The van der Waals surface area contributed by atoms with Crippen LogP contribution in [0.5, 0.6) is 0 Å². The van der Waals surface area contributed by atoms with Gasteiger partial charge in [-0.1, -0.05) is 30.7 Å². The van der Waals surface area contributed by atoms with Gasteiger partial charge in [0.2, 0.25) is 11.6 Å². The molecule has 3 fully saturated rings. The third-order valence-electron chi connectivity index (χ3n) is 8.52. The predicted octanol–water partition coefficient (Wildman–Crippen LogP) is 3.19. The lowest BCUT2D eigenvalue weighted by Gasteiger charge is -2.39. The molecule has 1 amide bonds. The van der Waals surface area contributed by atoms with Gasteiger partial charge in [-0.2, -0.15) is 0 Å². The molecule has 1 N–H and O–H groups in total. The Morgan fingerprint density at radius 3 is 2.76 bits per heavy atom. The lowest BCUT2D eigenvalue weighted by molar-refractivity contribution is -0.152. The van der Waals surface area contributed by atoms with E-state index >= 15 is 0 Å². The van der Waals surface area contributed by atoms with Gasteiger partial charge in [-0.15, -0.1) is 5.10 Å². The Morgan fingerprint density at radius 1 is 1.20 bits per heavy atom. The highest BCUT2D eigenvalue weighted by Crippen LogP contribution is 2.43. The zero-order chi connectivity index (χ0) is 32.8. The normalized spacial score (nSPS) is 30.5. The lowest BCUT2D eigenvalue weighted by Crippen LogP contribution is -2.50. The van der Waals surface area contributed by atoms with Gasteiger partial charge in [0.15, 0.2) is 0 Å². The summed E-state index contributed by atoms with van der Waals surface area (Å²) in [6.45, 7) is 9.83. The number of amides is 1. The molecule has 3 aliphatic rings. The average Bonchev–Trinajstić information content (AvgIpc) is 3.61. The van der Waals surface area contributed by atoms with E-state index in [4.69, 9.17) is 23.8 Å². The lowest BCUT2D eigenvalue weighted by atomic mass is 9.88. The molecule has 0 radical (unpaired) electrons. The van der Waals surface area contributed by atoms with Crippen molar-refractivity contribution in [2.24, 2.45) is 5.92 Å². The number of fused-ring (bicyclic) bond motifs is 1. The van der Waals surface area contributed by atoms with Crippen molar-refractivity contribution in [1.29, 1.82) is 0 Å². The molecule has 3 saturated heterocycles. The zero-order valence-electron chi connectivity index (χ0n) is 27.0. The summed E-state index contributed by atoms with van der Waals surface area (Å²) in [5, 5.41) is 10.8. The number of hydrogen-bond acceptors (Lipinski definition) is 11. The number of aromatic nitrogens is 4. The third kappa shape index (κ3) is 9.08. The molecular weight excluding hydrogens is 594 g/mol. The van der Waals surface area contributed by atoms with E-state index in [1.54, 1.807) is 31.3 Å². The molecule has 2 aromatic rings. The van der Waals surface area contributed by atoms with Crippen molar-refractivity contribution in [1.82, 2.24) is 25.5 Å². The largest absolute Gasteiger partial charge is 0.459 e. The van der Waals surface area contributed by atoms with Crippen LogP contribution in [0.2, 0.25) is 0 Å². The number of rotatable bonds is 11. The molecule has 0 aliphatic carbocycles. The number of carbonyl (C=O) groups is 3. The summed E-state index contributed by atoms with van der Waals surface area (Å²) in [7, 11) is 0. The van der Waals surface area contributed by atoms with Crippen LogP contribution in [0, 0.1) is 5.92 Å². The van der Waals surface area contributed by atoms with Crippen molar-refractivity contribution >= 4 is 29.0 Å². The number of esters is 1. The van der Waals surface area contributed by atoms with E-state index in [2.05, 4.69) is 33.6 Å². The molecule has 5 heterocycles. The standard InChI is InChI=1S/C33H43N5O8/c1-20(9-12-29-21(2)15-28(23(4)44-29)35-30(40)13-10-22(3)43-24(5)39)8-11-25-17-33(19-42-33)18-26(45-25)16-31(41)46-38-32-27(36-37-38)7-6-14-34-32/h6-11,13-14,21-23,25-26,28-29H,12,15-19H2,1-5H3,(H,35,40)/t21-,22?,23+,25+,26+,28+,29-,33+/m0/s1. The van der Waals surface area contributed by atoms with Crippen LogP contribution < -0.4 is 10.2 Å². The van der Waals surface area contributed by atoms with Gasteiger partial charge < -0.3 is 29.1 Å². The number of carbonyl (C=O) groups excluding carboxylic acids is 3. The number of allylic oxidation sites excluding steroid dienone is 2. The second-order valence-electron chi connectivity index (χ2n) is 12.6. The van der Waals surface area contributed by atoms with Crippen molar-refractivity contribution < 1.29 is 38.2 Å². The Bertz CT molecular complexity index is 1500. The van der Waals surface area contributed by atoms with Gasteiger partial charge in [-0.05, 0) is 67.8 Å². The van der Waals surface area contributed by atoms with Gasteiger partial charge in [-0.25, -0.2) is 9.78 Å². The van der Waals surface area contributed by atoms with Gasteiger partial charge in [0.25, 0.3) is 0 Å². The molecule has 13 heteroatoms. The fourth-order valence-corrected chi connectivity index (χ4v) is 6.00. The molecule has 0 aromatic carbocycles. The van der Waals surface area contributed by atoms with E-state index in [0.717, 1.165) is 29.7 Å². The molecule has 46 heavy (non-hydrogen) atoms. The molecule has 1 spiro atoms. The summed E-state index contributed by atoms with van der Waals surface area (Å²) < 4.78 is 23.4. The first-order valence-electron chi connectivity index (χ1n) is 15.8. The van der Waals surface area contributed by atoms with Crippen molar-refractivity contribution in [3.63, 3.8) is 0 Å². The minimum atomic E-state index is -0.484. The number of ether oxygens (including phenoxy) is 4. The fourth-order valence-electron chi connectivity index (χ4n) is 6.00. The Labute approximate surface area is 268 Å². The molecule has 1 unspecified atom stereocenters. The van der Waals surface area contributed by atoms with E-state index in [0.29, 0.717) is 24.2 Å². The van der Waals surface area contributed by atoms with Crippen LogP contribution in [0.3, 0.4) is 0 Å². The number of nitrogens with one attached hydrogen (secondary N) is 1. The Hall–Kier alpha value is -3.94. The molecule has 248 valence electrons. The summed E-state index contributed by atoms with van der Waals surface area (Å²) in [5.41, 5.74) is 1.72. The summed E-state index contributed by atoms with van der Waals surface area (Å²) in [6.07, 6.45) is 12.5. The van der Waals surface area contributed by atoms with Crippen molar-refractivity contribution in [3.8, 4) is 0 Å². The topological polar surface area (TPSA) is 156 Å². The SMILES string of the molecule is CC(=O)OC(C)C=CC(=O)N[C@@H]1C[C@H](C)[C@H](CC=C(C)C=C[C@@H]2C[C@]3(CO3)C[C@@H](CC(=O)On3nnc4cccnc43)O2)O[C@@H]1C. The number of hydrogen-bond donors (Lipinski definition) is 1. The van der Waals surface area contributed by atoms with Crippen molar-refractivity contribution in [3.05, 3.63) is 54.3 Å². The van der Waals surface area contributed by atoms with Gasteiger partial charge in [-0.3, -0.25) is 9.59 Å². The fraction of sp³-hybridized carbons (Fsp3) is 0.576. The highest BCUT2D eigenvalue weighted by molar-refractivity contribution is 5.87.